The van der Waals surface area contributed by atoms with Gasteiger partial charge < -0.3 is 9.73 Å². The number of halogens is 1. The van der Waals surface area contributed by atoms with Crippen LogP contribution >= 0.6 is 11.6 Å². The van der Waals surface area contributed by atoms with Gasteiger partial charge in [0.05, 0.1) is 11.6 Å². The number of rotatable bonds is 5. The first-order chi connectivity index (χ1) is 11.6. The lowest BCUT2D eigenvalue weighted by molar-refractivity contribution is -0.122. The lowest BCUT2D eigenvalue weighted by Gasteiger charge is -2.17. The average molecular weight is 345 g/mol. The summed E-state index contributed by atoms with van der Waals surface area (Å²) in [6.45, 7) is 1.90. The molecule has 5 nitrogen and oxygen atoms in total. The summed E-state index contributed by atoms with van der Waals surface area (Å²) in [4.78, 5) is 24.3. The number of oxazole rings is 1. The molecule has 1 atom stereocenters. The Kier molecular flexibility index (Phi) is 4.71. The summed E-state index contributed by atoms with van der Waals surface area (Å²) in [6, 6.07) is 14.3. The fourth-order valence-corrected chi connectivity index (χ4v) is 2.79. The minimum absolute atomic E-state index is 0.0834. The SMILES string of the molecule is CCC(NC(=O)Cn1c(=O)oc2ccccc21)c1ccc(Cl)cc1. The maximum atomic E-state index is 12.4. The molecule has 0 aliphatic carbocycles. The number of amides is 1. The fourth-order valence-electron chi connectivity index (χ4n) is 2.66. The van der Waals surface area contributed by atoms with Crippen LogP contribution in [0.25, 0.3) is 11.1 Å². The first-order valence-electron chi connectivity index (χ1n) is 7.71. The van der Waals surface area contributed by atoms with Gasteiger partial charge in [-0.05, 0) is 36.2 Å². The van der Waals surface area contributed by atoms with Crippen LogP contribution in [0.3, 0.4) is 0 Å². The van der Waals surface area contributed by atoms with Gasteiger partial charge in [-0.25, -0.2) is 4.79 Å². The Morgan fingerprint density at radius 1 is 1.21 bits per heavy atom. The smallest absolute Gasteiger partial charge is 0.408 e. The van der Waals surface area contributed by atoms with Crippen molar-refractivity contribution in [3.8, 4) is 0 Å². The van der Waals surface area contributed by atoms with E-state index in [9.17, 15) is 9.59 Å². The minimum Gasteiger partial charge on any atom is -0.408 e. The van der Waals surface area contributed by atoms with Crippen LogP contribution in [0.1, 0.15) is 24.9 Å². The summed E-state index contributed by atoms with van der Waals surface area (Å²) in [5, 5.41) is 3.60. The van der Waals surface area contributed by atoms with Crippen molar-refractivity contribution in [2.45, 2.75) is 25.9 Å². The summed E-state index contributed by atoms with van der Waals surface area (Å²) in [5.41, 5.74) is 2.05. The van der Waals surface area contributed by atoms with Crippen LogP contribution in [-0.2, 0) is 11.3 Å². The van der Waals surface area contributed by atoms with Gasteiger partial charge in [0.15, 0.2) is 5.58 Å². The zero-order valence-electron chi connectivity index (χ0n) is 13.2. The summed E-state index contributed by atoms with van der Waals surface area (Å²) in [7, 11) is 0. The number of carbonyl (C=O) groups excluding carboxylic acids is 1. The van der Waals surface area contributed by atoms with E-state index in [1.165, 1.54) is 4.57 Å². The summed E-state index contributed by atoms with van der Waals surface area (Å²) >= 11 is 5.90. The molecule has 1 amide bonds. The lowest BCUT2D eigenvalue weighted by Crippen LogP contribution is -2.33. The van der Waals surface area contributed by atoms with E-state index in [0.29, 0.717) is 16.1 Å². The molecule has 0 saturated heterocycles. The Labute approximate surface area is 143 Å². The number of fused-ring (bicyclic) bond motifs is 1. The molecule has 0 saturated carbocycles. The van der Waals surface area contributed by atoms with E-state index in [-0.39, 0.29) is 18.5 Å². The topological polar surface area (TPSA) is 64.2 Å². The van der Waals surface area contributed by atoms with Gasteiger partial charge >= 0.3 is 5.76 Å². The molecular weight excluding hydrogens is 328 g/mol. The van der Waals surface area contributed by atoms with E-state index < -0.39 is 5.76 Å². The van der Waals surface area contributed by atoms with E-state index in [4.69, 9.17) is 16.0 Å². The van der Waals surface area contributed by atoms with Crippen LogP contribution in [0.15, 0.2) is 57.7 Å². The van der Waals surface area contributed by atoms with Gasteiger partial charge in [0.1, 0.15) is 6.54 Å². The molecule has 24 heavy (non-hydrogen) atoms. The second-order valence-corrected chi connectivity index (χ2v) is 5.94. The number of nitrogens with zero attached hydrogens (tertiary/aromatic N) is 1. The van der Waals surface area contributed by atoms with Crippen molar-refractivity contribution in [3.63, 3.8) is 0 Å². The molecule has 124 valence electrons. The van der Waals surface area contributed by atoms with Crippen LogP contribution < -0.4 is 11.1 Å². The van der Waals surface area contributed by atoms with Crippen LogP contribution in [0.4, 0.5) is 0 Å². The largest absolute Gasteiger partial charge is 0.420 e. The highest BCUT2D eigenvalue weighted by molar-refractivity contribution is 6.30. The normalized spacial score (nSPS) is 12.2. The Bertz CT molecular complexity index is 912. The molecule has 0 fully saturated rings. The quantitative estimate of drug-likeness (QED) is 0.770. The fraction of sp³-hybridized carbons (Fsp3) is 0.222. The summed E-state index contributed by atoms with van der Waals surface area (Å²) < 4.78 is 6.47. The molecule has 0 aliphatic heterocycles. The third-order valence-electron chi connectivity index (χ3n) is 3.89. The number of para-hydroxylation sites is 2. The zero-order valence-corrected chi connectivity index (χ0v) is 13.9. The number of aromatic nitrogens is 1. The molecule has 3 rings (SSSR count). The standard InChI is InChI=1S/C18H17ClN2O3/c1-2-14(12-7-9-13(19)10-8-12)20-17(22)11-21-15-5-3-4-6-16(15)24-18(21)23/h3-10,14H,2,11H2,1H3,(H,20,22). The maximum absolute atomic E-state index is 12.4. The lowest BCUT2D eigenvalue weighted by atomic mass is 10.0. The Morgan fingerprint density at radius 2 is 1.92 bits per heavy atom. The van der Waals surface area contributed by atoms with Gasteiger partial charge in [-0.3, -0.25) is 9.36 Å². The predicted octanol–water partition coefficient (Wildman–Crippen LogP) is 3.52. The highest BCUT2D eigenvalue weighted by Gasteiger charge is 2.16. The molecule has 3 aromatic rings. The molecule has 1 aromatic heterocycles. The second kappa shape index (κ2) is 6.93. The third-order valence-corrected chi connectivity index (χ3v) is 4.14. The first kappa shape index (κ1) is 16.3. The zero-order chi connectivity index (χ0) is 17.1. The molecule has 1 heterocycles. The summed E-state index contributed by atoms with van der Waals surface area (Å²) in [5.74, 6) is -0.781. The van der Waals surface area contributed by atoms with Crippen LogP contribution in [-0.4, -0.2) is 10.5 Å². The minimum atomic E-state index is -0.536. The Hall–Kier alpha value is -2.53. The van der Waals surface area contributed by atoms with E-state index >= 15 is 0 Å². The number of carbonyl (C=O) groups is 1. The van der Waals surface area contributed by atoms with Gasteiger partial charge in [0.25, 0.3) is 0 Å². The monoisotopic (exact) mass is 344 g/mol. The molecular formula is C18H17ClN2O3. The molecule has 0 radical (unpaired) electrons. The summed E-state index contributed by atoms with van der Waals surface area (Å²) in [6.07, 6.45) is 0.731. The molecule has 2 aromatic carbocycles. The van der Waals surface area contributed by atoms with E-state index in [1.54, 1.807) is 36.4 Å². The Morgan fingerprint density at radius 3 is 2.62 bits per heavy atom. The first-order valence-corrected chi connectivity index (χ1v) is 8.09. The number of hydrogen-bond acceptors (Lipinski definition) is 3. The molecule has 1 unspecified atom stereocenters. The van der Waals surface area contributed by atoms with E-state index in [2.05, 4.69) is 5.32 Å². The van der Waals surface area contributed by atoms with Gasteiger partial charge in [-0.15, -0.1) is 0 Å². The van der Waals surface area contributed by atoms with Crippen molar-refractivity contribution in [2.24, 2.45) is 0 Å². The van der Waals surface area contributed by atoms with Crippen molar-refractivity contribution in [1.29, 1.82) is 0 Å². The molecule has 0 bridgehead atoms. The van der Waals surface area contributed by atoms with Crippen molar-refractivity contribution < 1.29 is 9.21 Å². The number of nitrogens with one attached hydrogen (secondary N) is 1. The van der Waals surface area contributed by atoms with Crippen molar-refractivity contribution in [2.75, 3.05) is 0 Å². The van der Waals surface area contributed by atoms with E-state index in [1.807, 2.05) is 19.1 Å². The number of benzene rings is 2. The maximum Gasteiger partial charge on any atom is 0.420 e. The van der Waals surface area contributed by atoms with Crippen LogP contribution in [0.2, 0.25) is 5.02 Å². The highest BCUT2D eigenvalue weighted by Crippen LogP contribution is 2.19. The second-order valence-electron chi connectivity index (χ2n) is 5.50. The van der Waals surface area contributed by atoms with Gasteiger partial charge in [0, 0.05) is 5.02 Å². The van der Waals surface area contributed by atoms with E-state index in [0.717, 1.165) is 12.0 Å². The predicted molar refractivity (Wildman–Crippen MR) is 93.1 cm³/mol. The van der Waals surface area contributed by atoms with Gasteiger partial charge in [-0.2, -0.15) is 0 Å². The third kappa shape index (κ3) is 3.36. The number of hydrogen-bond donors (Lipinski definition) is 1. The molecule has 0 aliphatic rings. The van der Waals surface area contributed by atoms with Crippen molar-refractivity contribution in [1.82, 2.24) is 9.88 Å². The van der Waals surface area contributed by atoms with Crippen molar-refractivity contribution >= 4 is 28.6 Å². The van der Waals surface area contributed by atoms with Crippen LogP contribution in [0, 0.1) is 0 Å². The highest BCUT2D eigenvalue weighted by atomic mass is 35.5. The molecule has 1 N–H and O–H groups in total. The Balaban J connectivity index is 1.77. The van der Waals surface area contributed by atoms with Crippen LogP contribution in [0.5, 0.6) is 0 Å². The molecule has 0 spiro atoms. The molecule has 6 heteroatoms. The average Bonchev–Trinajstić information content (AvgIpc) is 2.89. The van der Waals surface area contributed by atoms with Gasteiger partial charge in [0.2, 0.25) is 5.91 Å². The van der Waals surface area contributed by atoms with Gasteiger partial charge in [-0.1, -0.05) is 42.8 Å². The van der Waals surface area contributed by atoms with Crippen molar-refractivity contribution in [3.05, 3.63) is 69.7 Å².